The molecule has 0 aliphatic carbocycles. The maximum Gasteiger partial charge on any atom is 0.155 e. The average Bonchev–Trinajstić information content (AvgIpc) is 1.81. The molecular weight excluding hydrogens is 176 g/mol. The van der Waals surface area contributed by atoms with Crippen LogP contribution in [0.2, 0.25) is 0 Å². The highest BCUT2D eigenvalue weighted by Crippen LogP contribution is 2.16. The van der Waals surface area contributed by atoms with Gasteiger partial charge < -0.3 is 0 Å². The van der Waals surface area contributed by atoms with Gasteiger partial charge in [0, 0.05) is 6.42 Å². The van der Waals surface area contributed by atoms with E-state index in [0.29, 0.717) is 0 Å². The molecule has 0 atom stereocenters. The molecule has 0 aromatic heterocycles. The molecule has 72 valence electrons. The van der Waals surface area contributed by atoms with Crippen LogP contribution in [0.3, 0.4) is 0 Å². The molecule has 12 heavy (non-hydrogen) atoms. The van der Waals surface area contributed by atoms with E-state index in [4.69, 9.17) is 0 Å². The molecule has 0 saturated heterocycles. The first-order valence-corrected chi connectivity index (χ1v) is 5.54. The fourth-order valence-electron chi connectivity index (χ4n) is 0.584. The molecule has 3 nitrogen and oxygen atoms in total. The SMILES string of the molecule is CC(=O)CCS(=O)(=O)C(C)(C)C. The average molecular weight is 192 g/mol. The van der Waals surface area contributed by atoms with Gasteiger partial charge in [-0.15, -0.1) is 0 Å². The van der Waals surface area contributed by atoms with E-state index < -0.39 is 14.6 Å². The van der Waals surface area contributed by atoms with Crippen LogP contribution in [0.1, 0.15) is 34.1 Å². The van der Waals surface area contributed by atoms with E-state index in [9.17, 15) is 13.2 Å². The van der Waals surface area contributed by atoms with Gasteiger partial charge in [-0.1, -0.05) is 0 Å². The van der Waals surface area contributed by atoms with Crippen LogP contribution in [0.4, 0.5) is 0 Å². The van der Waals surface area contributed by atoms with Gasteiger partial charge in [0.25, 0.3) is 0 Å². The smallest absolute Gasteiger partial charge is 0.155 e. The zero-order valence-corrected chi connectivity index (χ0v) is 8.86. The summed E-state index contributed by atoms with van der Waals surface area (Å²) in [4.78, 5) is 10.6. The number of sulfone groups is 1. The first-order valence-electron chi connectivity index (χ1n) is 3.88. The van der Waals surface area contributed by atoms with E-state index in [1.807, 2.05) is 0 Å². The highest BCUT2D eigenvalue weighted by molar-refractivity contribution is 7.92. The molecule has 0 radical (unpaired) electrons. The Morgan fingerprint density at radius 2 is 1.67 bits per heavy atom. The minimum atomic E-state index is -3.11. The van der Waals surface area contributed by atoms with Crippen molar-refractivity contribution >= 4 is 15.6 Å². The van der Waals surface area contributed by atoms with Gasteiger partial charge in [-0.3, -0.25) is 4.79 Å². The maximum absolute atomic E-state index is 11.4. The van der Waals surface area contributed by atoms with Gasteiger partial charge in [-0.25, -0.2) is 8.42 Å². The predicted molar refractivity (Wildman–Crippen MR) is 48.8 cm³/mol. The van der Waals surface area contributed by atoms with Crippen LogP contribution in [-0.2, 0) is 14.6 Å². The Balaban J connectivity index is 4.37. The molecular formula is C8H16O3S. The fourth-order valence-corrected chi connectivity index (χ4v) is 1.75. The van der Waals surface area contributed by atoms with Gasteiger partial charge in [0.15, 0.2) is 9.84 Å². The van der Waals surface area contributed by atoms with Gasteiger partial charge in [-0.2, -0.15) is 0 Å². The number of hydrogen-bond acceptors (Lipinski definition) is 3. The highest BCUT2D eigenvalue weighted by Gasteiger charge is 2.28. The van der Waals surface area contributed by atoms with Crippen molar-refractivity contribution in [1.82, 2.24) is 0 Å². The summed E-state index contributed by atoms with van der Waals surface area (Å²) in [6, 6.07) is 0. The van der Waals surface area contributed by atoms with Crippen LogP contribution < -0.4 is 0 Å². The van der Waals surface area contributed by atoms with Gasteiger partial charge >= 0.3 is 0 Å². The summed E-state index contributed by atoms with van der Waals surface area (Å²) < 4.78 is 22.1. The second-order valence-electron chi connectivity index (χ2n) is 3.88. The predicted octanol–water partition coefficient (Wildman–Crippen LogP) is 1.18. The van der Waals surface area contributed by atoms with Crippen molar-refractivity contribution in [3.8, 4) is 0 Å². The van der Waals surface area contributed by atoms with Crippen molar-refractivity contribution in [1.29, 1.82) is 0 Å². The summed E-state index contributed by atoms with van der Waals surface area (Å²) in [5, 5.41) is 0. The Labute approximate surface area is 74.1 Å². The molecule has 0 amide bonds. The lowest BCUT2D eigenvalue weighted by Crippen LogP contribution is -2.30. The molecule has 4 heteroatoms. The third kappa shape index (κ3) is 3.34. The molecule has 0 unspecified atom stereocenters. The molecule has 0 aliphatic heterocycles. The van der Waals surface area contributed by atoms with Crippen LogP contribution in [0.25, 0.3) is 0 Å². The molecule has 0 aliphatic rings. The number of rotatable bonds is 3. The lowest BCUT2D eigenvalue weighted by Gasteiger charge is -2.18. The monoisotopic (exact) mass is 192 g/mol. The van der Waals surface area contributed by atoms with Crippen molar-refractivity contribution in [3.63, 3.8) is 0 Å². The molecule has 0 fully saturated rings. The zero-order valence-electron chi connectivity index (χ0n) is 8.05. The number of Topliss-reactive ketones (excluding diaryl/α,β-unsaturated/α-hetero) is 1. The molecule has 0 aromatic carbocycles. The highest BCUT2D eigenvalue weighted by atomic mass is 32.2. The van der Waals surface area contributed by atoms with Crippen LogP contribution in [0.5, 0.6) is 0 Å². The van der Waals surface area contributed by atoms with Crippen molar-refractivity contribution in [2.24, 2.45) is 0 Å². The standard InChI is InChI=1S/C8H16O3S/c1-7(9)5-6-12(10,11)8(2,3)4/h5-6H2,1-4H3. The minimum absolute atomic E-state index is 0.0359. The van der Waals surface area contributed by atoms with E-state index in [1.54, 1.807) is 20.8 Å². The summed E-state index contributed by atoms with van der Waals surface area (Å²) in [5.74, 6) is -0.117. The van der Waals surface area contributed by atoms with E-state index in [1.165, 1.54) is 6.92 Å². The molecule has 0 spiro atoms. The quantitative estimate of drug-likeness (QED) is 0.674. The Bertz CT molecular complexity index is 257. The van der Waals surface area contributed by atoms with Crippen molar-refractivity contribution in [2.45, 2.75) is 38.9 Å². The first kappa shape index (κ1) is 11.6. The fraction of sp³-hybridized carbons (Fsp3) is 0.875. The molecule has 0 aromatic rings. The van der Waals surface area contributed by atoms with Crippen LogP contribution >= 0.6 is 0 Å². The third-order valence-corrected chi connectivity index (χ3v) is 4.26. The van der Waals surface area contributed by atoms with E-state index in [0.717, 1.165) is 0 Å². The molecule has 0 heterocycles. The number of hydrogen-bond donors (Lipinski definition) is 0. The molecule has 0 saturated carbocycles. The Morgan fingerprint density at radius 3 is 1.92 bits per heavy atom. The topological polar surface area (TPSA) is 51.2 Å². The second-order valence-corrected chi connectivity index (χ2v) is 6.75. The second kappa shape index (κ2) is 3.56. The Kier molecular flexibility index (Phi) is 3.45. The van der Waals surface area contributed by atoms with Crippen LogP contribution in [0, 0.1) is 0 Å². The molecule has 0 rings (SSSR count). The molecule has 0 N–H and O–H groups in total. The largest absolute Gasteiger partial charge is 0.300 e. The third-order valence-electron chi connectivity index (χ3n) is 1.66. The first-order chi connectivity index (χ1) is 5.17. The van der Waals surface area contributed by atoms with E-state index in [2.05, 4.69) is 0 Å². The van der Waals surface area contributed by atoms with Gasteiger partial charge in [-0.05, 0) is 27.7 Å². The normalized spacial score (nSPS) is 13.0. The zero-order chi connectivity index (χ0) is 9.99. The summed E-state index contributed by atoms with van der Waals surface area (Å²) >= 11 is 0. The van der Waals surface area contributed by atoms with Crippen LogP contribution in [0.15, 0.2) is 0 Å². The minimum Gasteiger partial charge on any atom is -0.300 e. The Morgan fingerprint density at radius 1 is 1.25 bits per heavy atom. The lowest BCUT2D eigenvalue weighted by atomic mass is 10.3. The summed E-state index contributed by atoms with van der Waals surface area (Å²) in [5.41, 5.74) is 0. The lowest BCUT2D eigenvalue weighted by molar-refractivity contribution is -0.116. The number of carbonyl (C=O) groups excluding carboxylic acids is 1. The van der Waals surface area contributed by atoms with E-state index in [-0.39, 0.29) is 18.0 Å². The Hall–Kier alpha value is -0.380. The van der Waals surface area contributed by atoms with Crippen molar-refractivity contribution in [3.05, 3.63) is 0 Å². The van der Waals surface area contributed by atoms with Gasteiger partial charge in [0.05, 0.1) is 10.5 Å². The summed E-state index contributed by atoms with van der Waals surface area (Å²) in [7, 11) is -3.11. The van der Waals surface area contributed by atoms with E-state index >= 15 is 0 Å². The van der Waals surface area contributed by atoms with Crippen molar-refractivity contribution < 1.29 is 13.2 Å². The van der Waals surface area contributed by atoms with Crippen LogP contribution in [-0.4, -0.2) is 24.7 Å². The summed E-state index contributed by atoms with van der Waals surface area (Å²) in [6.45, 7) is 6.32. The van der Waals surface area contributed by atoms with Gasteiger partial charge in [0.1, 0.15) is 5.78 Å². The van der Waals surface area contributed by atoms with Gasteiger partial charge in [0.2, 0.25) is 0 Å². The van der Waals surface area contributed by atoms with Crippen molar-refractivity contribution in [2.75, 3.05) is 5.75 Å². The summed E-state index contributed by atoms with van der Waals surface area (Å²) in [6.07, 6.45) is 0.125. The maximum atomic E-state index is 11.4. The number of carbonyl (C=O) groups is 1. The number of ketones is 1. The molecule has 0 bridgehead atoms.